The fourth-order valence-electron chi connectivity index (χ4n) is 2.99. The number of carbonyl (C=O) groups is 1. The maximum atomic E-state index is 10.8. The molecule has 2 nitrogen and oxygen atoms in total. The van der Waals surface area contributed by atoms with Crippen molar-refractivity contribution in [2.45, 2.75) is 44.6 Å². The summed E-state index contributed by atoms with van der Waals surface area (Å²) < 4.78 is 0. The summed E-state index contributed by atoms with van der Waals surface area (Å²) in [6, 6.07) is 0.170. The zero-order valence-corrected chi connectivity index (χ0v) is 8.17. The molecule has 74 valence electrons. The van der Waals surface area contributed by atoms with Crippen LogP contribution in [0, 0.1) is 11.8 Å². The highest BCUT2D eigenvalue weighted by Crippen LogP contribution is 2.34. The molecule has 2 atom stereocenters. The molecule has 0 spiro atoms. The number of hydrogen-bond acceptors (Lipinski definition) is 2. The summed E-state index contributed by atoms with van der Waals surface area (Å²) in [5, 5.41) is 3.29. The van der Waals surface area contributed by atoms with Crippen molar-refractivity contribution in [2.75, 3.05) is 6.54 Å². The molecule has 2 heteroatoms. The normalized spacial score (nSPS) is 36.3. The summed E-state index contributed by atoms with van der Waals surface area (Å²) in [5.74, 6) is 1.48. The smallest absolute Gasteiger partial charge is 0.137 e. The highest BCUT2D eigenvalue weighted by Gasteiger charge is 2.33. The van der Waals surface area contributed by atoms with Crippen LogP contribution in [-0.2, 0) is 4.79 Å². The van der Waals surface area contributed by atoms with Crippen LogP contribution in [0.1, 0.15) is 38.5 Å². The van der Waals surface area contributed by atoms with Gasteiger partial charge in [0.2, 0.25) is 0 Å². The first-order chi connectivity index (χ1) is 6.42. The molecule has 1 N–H and O–H groups in total. The van der Waals surface area contributed by atoms with Gasteiger partial charge < -0.3 is 10.1 Å². The Morgan fingerprint density at radius 2 is 1.85 bits per heavy atom. The minimum absolute atomic E-state index is 0.170. The van der Waals surface area contributed by atoms with E-state index in [4.69, 9.17) is 0 Å². The molecule has 0 radical (unpaired) electrons. The van der Waals surface area contributed by atoms with Crippen LogP contribution >= 0.6 is 0 Å². The second-order valence-electron chi connectivity index (χ2n) is 4.47. The fraction of sp³-hybridized carbons (Fsp3) is 0.909. The standard InChI is InChI=1S/C11H19NO/c13-8-11-10(6-7-12-11)9-4-2-1-3-5-9/h8-12H,1-7H2/t10-,11+/m0/s1. The maximum absolute atomic E-state index is 10.8. The van der Waals surface area contributed by atoms with Gasteiger partial charge >= 0.3 is 0 Å². The molecule has 1 aliphatic heterocycles. The Morgan fingerprint density at radius 1 is 1.08 bits per heavy atom. The Morgan fingerprint density at radius 3 is 2.54 bits per heavy atom. The lowest BCUT2D eigenvalue weighted by Gasteiger charge is -2.29. The molecular weight excluding hydrogens is 162 g/mol. The van der Waals surface area contributed by atoms with Crippen LogP contribution in [0.25, 0.3) is 0 Å². The second kappa shape index (κ2) is 4.23. The molecule has 1 saturated heterocycles. The molecule has 2 aliphatic rings. The van der Waals surface area contributed by atoms with E-state index in [0.29, 0.717) is 5.92 Å². The van der Waals surface area contributed by atoms with Gasteiger partial charge in [-0.15, -0.1) is 0 Å². The largest absolute Gasteiger partial charge is 0.307 e. The van der Waals surface area contributed by atoms with Crippen molar-refractivity contribution in [3.8, 4) is 0 Å². The van der Waals surface area contributed by atoms with Gasteiger partial charge in [-0.25, -0.2) is 0 Å². The number of aldehydes is 1. The van der Waals surface area contributed by atoms with Gasteiger partial charge in [0.1, 0.15) is 6.29 Å². The third kappa shape index (κ3) is 1.93. The topological polar surface area (TPSA) is 29.1 Å². The second-order valence-corrected chi connectivity index (χ2v) is 4.47. The fourth-order valence-corrected chi connectivity index (χ4v) is 2.99. The van der Waals surface area contributed by atoms with E-state index in [9.17, 15) is 4.79 Å². The highest BCUT2D eigenvalue weighted by molar-refractivity contribution is 5.58. The van der Waals surface area contributed by atoms with E-state index >= 15 is 0 Å². The van der Waals surface area contributed by atoms with Gasteiger partial charge in [-0.3, -0.25) is 0 Å². The molecule has 2 rings (SSSR count). The van der Waals surface area contributed by atoms with Gasteiger partial charge in [-0.1, -0.05) is 32.1 Å². The molecule has 0 unspecified atom stereocenters. The van der Waals surface area contributed by atoms with Crippen molar-refractivity contribution in [1.29, 1.82) is 0 Å². The summed E-state index contributed by atoms with van der Waals surface area (Å²) in [6.45, 7) is 1.05. The Kier molecular flexibility index (Phi) is 2.99. The molecule has 0 bridgehead atoms. The van der Waals surface area contributed by atoms with Crippen LogP contribution in [0.5, 0.6) is 0 Å². The highest BCUT2D eigenvalue weighted by atomic mass is 16.1. The van der Waals surface area contributed by atoms with Crippen LogP contribution in [0.15, 0.2) is 0 Å². The number of nitrogens with one attached hydrogen (secondary N) is 1. The van der Waals surface area contributed by atoms with E-state index in [0.717, 1.165) is 18.7 Å². The zero-order chi connectivity index (χ0) is 9.10. The quantitative estimate of drug-likeness (QED) is 0.657. The molecule has 1 heterocycles. The average Bonchev–Trinajstić information content (AvgIpc) is 2.67. The van der Waals surface area contributed by atoms with E-state index in [1.807, 2.05) is 0 Å². The van der Waals surface area contributed by atoms with Gasteiger partial charge in [0, 0.05) is 0 Å². The molecule has 1 saturated carbocycles. The van der Waals surface area contributed by atoms with Gasteiger partial charge in [0.05, 0.1) is 6.04 Å². The van der Waals surface area contributed by atoms with E-state index in [1.165, 1.54) is 38.5 Å². The maximum Gasteiger partial charge on any atom is 0.137 e. The van der Waals surface area contributed by atoms with Crippen LogP contribution in [0.3, 0.4) is 0 Å². The lowest BCUT2D eigenvalue weighted by Crippen LogP contribution is -2.33. The Hall–Kier alpha value is -0.370. The summed E-state index contributed by atoms with van der Waals surface area (Å²) in [7, 11) is 0. The first kappa shape index (κ1) is 9.20. The van der Waals surface area contributed by atoms with Gasteiger partial charge in [0.25, 0.3) is 0 Å². The SMILES string of the molecule is O=C[C@H]1NCC[C@H]1C1CCCCC1. The lowest BCUT2D eigenvalue weighted by molar-refractivity contribution is -0.110. The summed E-state index contributed by atoms with van der Waals surface area (Å²) in [6.07, 6.45) is 9.22. The van der Waals surface area contributed by atoms with E-state index in [1.54, 1.807) is 0 Å². The first-order valence-corrected chi connectivity index (χ1v) is 5.60. The third-order valence-corrected chi connectivity index (χ3v) is 3.72. The molecule has 1 aliphatic carbocycles. The molecule has 0 aromatic heterocycles. The number of rotatable bonds is 2. The minimum Gasteiger partial charge on any atom is -0.307 e. The van der Waals surface area contributed by atoms with Gasteiger partial charge in [-0.05, 0) is 24.8 Å². The number of carbonyl (C=O) groups excluding carboxylic acids is 1. The minimum atomic E-state index is 0.170. The zero-order valence-electron chi connectivity index (χ0n) is 8.17. The molecule has 2 fully saturated rings. The van der Waals surface area contributed by atoms with Crippen molar-refractivity contribution < 1.29 is 4.79 Å². The predicted octanol–water partition coefficient (Wildman–Crippen LogP) is 1.74. The monoisotopic (exact) mass is 181 g/mol. The van der Waals surface area contributed by atoms with E-state index in [-0.39, 0.29) is 6.04 Å². The van der Waals surface area contributed by atoms with Crippen molar-refractivity contribution in [1.82, 2.24) is 5.32 Å². The Bertz CT molecular complexity index is 175. The van der Waals surface area contributed by atoms with Crippen molar-refractivity contribution in [2.24, 2.45) is 11.8 Å². The Labute approximate surface area is 80.1 Å². The van der Waals surface area contributed by atoms with Gasteiger partial charge in [-0.2, -0.15) is 0 Å². The average molecular weight is 181 g/mol. The van der Waals surface area contributed by atoms with Crippen molar-refractivity contribution in [3.05, 3.63) is 0 Å². The predicted molar refractivity (Wildman–Crippen MR) is 52.5 cm³/mol. The summed E-state index contributed by atoms with van der Waals surface area (Å²) >= 11 is 0. The molecular formula is C11H19NO. The van der Waals surface area contributed by atoms with Crippen LogP contribution in [0.2, 0.25) is 0 Å². The van der Waals surface area contributed by atoms with Crippen molar-refractivity contribution in [3.63, 3.8) is 0 Å². The lowest BCUT2D eigenvalue weighted by atomic mass is 9.77. The van der Waals surface area contributed by atoms with E-state index < -0.39 is 0 Å². The van der Waals surface area contributed by atoms with Crippen LogP contribution < -0.4 is 5.32 Å². The molecule has 13 heavy (non-hydrogen) atoms. The van der Waals surface area contributed by atoms with Crippen LogP contribution in [0.4, 0.5) is 0 Å². The summed E-state index contributed by atoms with van der Waals surface area (Å²) in [4.78, 5) is 10.8. The van der Waals surface area contributed by atoms with Crippen molar-refractivity contribution >= 4 is 6.29 Å². The summed E-state index contributed by atoms with van der Waals surface area (Å²) in [5.41, 5.74) is 0. The number of hydrogen-bond donors (Lipinski definition) is 1. The Balaban J connectivity index is 1.93. The molecule has 0 aromatic rings. The van der Waals surface area contributed by atoms with E-state index in [2.05, 4.69) is 5.32 Å². The van der Waals surface area contributed by atoms with Gasteiger partial charge in [0.15, 0.2) is 0 Å². The van der Waals surface area contributed by atoms with Crippen LogP contribution in [-0.4, -0.2) is 18.9 Å². The molecule has 0 aromatic carbocycles. The third-order valence-electron chi connectivity index (χ3n) is 3.72. The molecule has 0 amide bonds. The first-order valence-electron chi connectivity index (χ1n) is 5.60.